The molecule has 0 saturated heterocycles. The van der Waals surface area contributed by atoms with E-state index in [1.165, 1.54) is 4.68 Å². The number of methoxy groups -OCH3 is 1. The maximum Gasteiger partial charge on any atom is 0.358 e. The summed E-state index contributed by atoms with van der Waals surface area (Å²) in [5.41, 5.74) is 1.15. The van der Waals surface area contributed by atoms with E-state index in [1.807, 2.05) is 0 Å². The fourth-order valence-electron chi connectivity index (χ4n) is 1.90. The smallest absolute Gasteiger partial charge is 0.358 e. The monoisotopic (exact) mass is 329 g/mol. The summed E-state index contributed by atoms with van der Waals surface area (Å²) in [4.78, 5) is 11.2. The van der Waals surface area contributed by atoms with E-state index in [2.05, 4.69) is 10.3 Å². The molecule has 8 heteroatoms. The summed E-state index contributed by atoms with van der Waals surface area (Å²) >= 11 is 12.1. The highest BCUT2D eigenvalue weighted by Gasteiger charge is 2.19. The first kappa shape index (κ1) is 15.8. The minimum Gasteiger partial charge on any atom is -0.476 e. The number of hydrogen-bond acceptors (Lipinski definition) is 4. The standard InChI is InChI=1S/C13H13Cl2N3O3/c1-21-5-4-11-12(13(19)20)16-17-18(11)7-8-6-9(14)2-3-10(8)15/h2-3,6H,4-5,7H2,1H3,(H,19,20). The normalized spacial score (nSPS) is 10.8. The van der Waals surface area contributed by atoms with E-state index in [1.54, 1.807) is 25.3 Å². The molecule has 1 aromatic carbocycles. The van der Waals surface area contributed by atoms with Crippen molar-refractivity contribution in [1.29, 1.82) is 0 Å². The molecular weight excluding hydrogens is 317 g/mol. The van der Waals surface area contributed by atoms with Crippen LogP contribution in [0.2, 0.25) is 10.0 Å². The molecule has 0 unspecified atom stereocenters. The zero-order valence-corrected chi connectivity index (χ0v) is 12.7. The van der Waals surface area contributed by atoms with Crippen molar-refractivity contribution >= 4 is 29.2 Å². The van der Waals surface area contributed by atoms with Crippen molar-refractivity contribution < 1.29 is 14.6 Å². The Morgan fingerprint density at radius 1 is 1.43 bits per heavy atom. The SMILES string of the molecule is COCCc1c(C(=O)O)nnn1Cc1cc(Cl)ccc1Cl. The Morgan fingerprint density at radius 3 is 2.86 bits per heavy atom. The van der Waals surface area contributed by atoms with Gasteiger partial charge in [0.25, 0.3) is 0 Å². The maximum atomic E-state index is 11.2. The fraction of sp³-hybridized carbons (Fsp3) is 0.308. The predicted octanol–water partition coefficient (Wildman–Crippen LogP) is 2.52. The third-order valence-electron chi connectivity index (χ3n) is 2.91. The number of carboxylic acid groups (broad SMARTS) is 1. The average Bonchev–Trinajstić information content (AvgIpc) is 2.83. The third kappa shape index (κ3) is 3.72. The van der Waals surface area contributed by atoms with E-state index in [9.17, 15) is 4.79 Å². The van der Waals surface area contributed by atoms with Gasteiger partial charge in [-0.25, -0.2) is 9.48 Å². The summed E-state index contributed by atoms with van der Waals surface area (Å²) in [7, 11) is 1.54. The maximum absolute atomic E-state index is 11.2. The number of ether oxygens (including phenoxy) is 1. The van der Waals surface area contributed by atoms with Crippen molar-refractivity contribution in [3.05, 3.63) is 45.2 Å². The lowest BCUT2D eigenvalue weighted by Gasteiger charge is -2.09. The van der Waals surface area contributed by atoms with Crippen molar-refractivity contribution in [2.75, 3.05) is 13.7 Å². The summed E-state index contributed by atoms with van der Waals surface area (Å²) < 4.78 is 6.49. The van der Waals surface area contributed by atoms with Gasteiger partial charge in [-0.2, -0.15) is 0 Å². The van der Waals surface area contributed by atoms with Gasteiger partial charge in [0.05, 0.1) is 18.8 Å². The molecule has 1 N–H and O–H groups in total. The Bertz CT molecular complexity index is 658. The molecule has 0 fully saturated rings. The van der Waals surface area contributed by atoms with Crippen LogP contribution >= 0.6 is 23.2 Å². The Labute approximate surface area is 131 Å². The van der Waals surface area contributed by atoms with Gasteiger partial charge < -0.3 is 9.84 Å². The number of hydrogen-bond donors (Lipinski definition) is 1. The average molecular weight is 330 g/mol. The van der Waals surface area contributed by atoms with Crippen LogP contribution in [0.15, 0.2) is 18.2 Å². The van der Waals surface area contributed by atoms with E-state index in [-0.39, 0.29) is 5.69 Å². The number of carbonyl (C=O) groups is 1. The number of nitrogens with zero attached hydrogens (tertiary/aromatic N) is 3. The Kier molecular flexibility index (Phi) is 5.17. The molecule has 2 rings (SSSR count). The second-order valence-electron chi connectivity index (χ2n) is 4.33. The van der Waals surface area contributed by atoms with E-state index in [4.69, 9.17) is 33.0 Å². The zero-order valence-electron chi connectivity index (χ0n) is 11.2. The van der Waals surface area contributed by atoms with Crippen LogP contribution in [0.1, 0.15) is 21.7 Å². The minimum absolute atomic E-state index is 0.0785. The molecule has 2 aromatic rings. The lowest BCUT2D eigenvalue weighted by atomic mass is 10.2. The summed E-state index contributed by atoms with van der Waals surface area (Å²) in [6.45, 7) is 0.662. The zero-order chi connectivity index (χ0) is 15.4. The van der Waals surface area contributed by atoms with Crippen molar-refractivity contribution in [1.82, 2.24) is 15.0 Å². The lowest BCUT2D eigenvalue weighted by Crippen LogP contribution is -2.12. The second-order valence-corrected chi connectivity index (χ2v) is 5.17. The highest BCUT2D eigenvalue weighted by atomic mass is 35.5. The first-order valence-electron chi connectivity index (χ1n) is 6.11. The number of rotatable bonds is 6. The molecule has 0 spiro atoms. The highest BCUT2D eigenvalue weighted by Crippen LogP contribution is 2.22. The molecule has 0 aliphatic carbocycles. The van der Waals surface area contributed by atoms with E-state index in [0.29, 0.717) is 35.3 Å². The van der Waals surface area contributed by atoms with Gasteiger partial charge in [-0.05, 0) is 23.8 Å². The van der Waals surface area contributed by atoms with Gasteiger partial charge in [0, 0.05) is 23.6 Å². The second kappa shape index (κ2) is 6.89. The Morgan fingerprint density at radius 2 is 2.19 bits per heavy atom. The van der Waals surface area contributed by atoms with Gasteiger partial charge in [-0.1, -0.05) is 28.4 Å². The van der Waals surface area contributed by atoms with E-state index in [0.717, 1.165) is 5.56 Å². The quantitative estimate of drug-likeness (QED) is 0.881. The fourth-order valence-corrected chi connectivity index (χ4v) is 2.27. The van der Waals surface area contributed by atoms with Crippen LogP contribution in [0.4, 0.5) is 0 Å². The van der Waals surface area contributed by atoms with Crippen LogP contribution < -0.4 is 0 Å². The van der Waals surface area contributed by atoms with Crippen molar-refractivity contribution in [2.24, 2.45) is 0 Å². The van der Waals surface area contributed by atoms with Crippen molar-refractivity contribution in [3.8, 4) is 0 Å². The molecule has 1 aromatic heterocycles. The van der Waals surface area contributed by atoms with Crippen LogP contribution in [-0.2, 0) is 17.7 Å². The Balaban J connectivity index is 2.34. The molecule has 0 aliphatic heterocycles. The number of halogens is 2. The summed E-state index contributed by atoms with van der Waals surface area (Å²) in [5.74, 6) is -1.12. The number of aromatic carboxylic acids is 1. The topological polar surface area (TPSA) is 77.2 Å². The molecule has 0 atom stereocenters. The summed E-state index contributed by atoms with van der Waals surface area (Å²) in [5, 5.41) is 17.8. The van der Waals surface area contributed by atoms with E-state index >= 15 is 0 Å². The van der Waals surface area contributed by atoms with Crippen LogP contribution in [0.25, 0.3) is 0 Å². The lowest BCUT2D eigenvalue weighted by molar-refractivity contribution is 0.0688. The first-order chi connectivity index (χ1) is 10.0. The predicted molar refractivity (Wildman–Crippen MR) is 78.1 cm³/mol. The highest BCUT2D eigenvalue weighted by molar-refractivity contribution is 6.33. The molecule has 6 nitrogen and oxygen atoms in total. The molecule has 0 amide bonds. The van der Waals surface area contributed by atoms with Gasteiger partial charge in [-0.3, -0.25) is 0 Å². The van der Waals surface area contributed by atoms with Gasteiger partial charge in [0.2, 0.25) is 0 Å². The molecular formula is C13H13Cl2N3O3. The molecule has 1 heterocycles. The Hall–Kier alpha value is -1.63. The molecule has 0 aliphatic rings. The van der Waals surface area contributed by atoms with Crippen LogP contribution in [0.5, 0.6) is 0 Å². The largest absolute Gasteiger partial charge is 0.476 e. The number of carboxylic acids is 1. The molecule has 0 saturated carbocycles. The molecule has 112 valence electrons. The minimum atomic E-state index is -1.12. The van der Waals surface area contributed by atoms with Crippen LogP contribution in [0.3, 0.4) is 0 Å². The van der Waals surface area contributed by atoms with Gasteiger partial charge in [0.15, 0.2) is 5.69 Å². The van der Waals surface area contributed by atoms with Crippen LogP contribution in [-0.4, -0.2) is 39.8 Å². The molecule has 0 bridgehead atoms. The van der Waals surface area contributed by atoms with Gasteiger partial charge in [0.1, 0.15) is 0 Å². The number of aromatic nitrogens is 3. The number of benzene rings is 1. The van der Waals surface area contributed by atoms with E-state index < -0.39 is 5.97 Å². The third-order valence-corrected chi connectivity index (χ3v) is 3.51. The van der Waals surface area contributed by atoms with Crippen molar-refractivity contribution in [3.63, 3.8) is 0 Å². The first-order valence-corrected chi connectivity index (χ1v) is 6.87. The van der Waals surface area contributed by atoms with Crippen LogP contribution in [0, 0.1) is 0 Å². The molecule has 0 radical (unpaired) electrons. The summed E-state index contributed by atoms with van der Waals surface area (Å²) in [6.07, 6.45) is 0.392. The summed E-state index contributed by atoms with van der Waals surface area (Å²) in [6, 6.07) is 5.08. The molecule has 21 heavy (non-hydrogen) atoms. The van der Waals surface area contributed by atoms with Crippen molar-refractivity contribution in [2.45, 2.75) is 13.0 Å². The van der Waals surface area contributed by atoms with Gasteiger partial charge >= 0.3 is 5.97 Å². The van der Waals surface area contributed by atoms with Gasteiger partial charge in [-0.15, -0.1) is 5.10 Å².